The van der Waals surface area contributed by atoms with Crippen molar-refractivity contribution in [2.24, 2.45) is 5.16 Å². The number of aromatic nitrogens is 1. The zero-order valence-electron chi connectivity index (χ0n) is 15.4. The van der Waals surface area contributed by atoms with E-state index in [0.717, 1.165) is 27.5 Å². The molecule has 0 fully saturated rings. The van der Waals surface area contributed by atoms with Crippen molar-refractivity contribution in [1.29, 1.82) is 0 Å². The van der Waals surface area contributed by atoms with Gasteiger partial charge in [0.1, 0.15) is 0 Å². The van der Waals surface area contributed by atoms with E-state index >= 15 is 0 Å². The summed E-state index contributed by atoms with van der Waals surface area (Å²) in [6.07, 6.45) is 1.94. The number of fused-ring (bicyclic) bond motifs is 3. The molecule has 4 rings (SSSR count). The lowest BCUT2D eigenvalue weighted by Gasteiger charge is -2.08. The Morgan fingerprint density at radius 3 is 2.48 bits per heavy atom. The van der Waals surface area contributed by atoms with E-state index in [2.05, 4.69) is 5.16 Å². The van der Waals surface area contributed by atoms with Crippen LogP contribution in [0.5, 0.6) is 0 Å². The van der Waals surface area contributed by atoms with Crippen molar-refractivity contribution in [3.05, 3.63) is 82.4 Å². The highest BCUT2D eigenvalue weighted by Gasteiger charge is 2.16. The van der Waals surface area contributed by atoms with Crippen LogP contribution >= 0.6 is 0 Å². The molecule has 7 nitrogen and oxygen atoms in total. The number of non-ortho nitro benzene ring substituents is 1. The van der Waals surface area contributed by atoms with Gasteiger partial charge in [0.2, 0.25) is 0 Å². The molecule has 144 valence electrons. The summed E-state index contributed by atoms with van der Waals surface area (Å²) in [4.78, 5) is 23.0. The Morgan fingerprint density at radius 2 is 1.76 bits per heavy atom. The minimum Gasteiger partial charge on any atom is -0.411 e. The number of benzene rings is 3. The van der Waals surface area contributed by atoms with Crippen LogP contribution in [0.4, 0.5) is 5.69 Å². The third-order valence-electron chi connectivity index (χ3n) is 4.90. The van der Waals surface area contributed by atoms with Crippen LogP contribution in [0.25, 0.3) is 27.5 Å². The average molecular weight is 387 g/mol. The van der Waals surface area contributed by atoms with E-state index in [-0.39, 0.29) is 17.9 Å². The number of rotatable bonds is 6. The molecule has 0 aliphatic rings. The highest BCUT2D eigenvalue weighted by molar-refractivity contribution is 6.10. The second-order valence-electron chi connectivity index (χ2n) is 6.62. The SMILES string of the molecule is O=C(CCC=NO)c1ccc(-n2c3ccccc3c3cc([N+](=O)[O-])ccc32)cc1. The quantitative estimate of drug-likeness (QED) is 0.163. The number of para-hydroxylation sites is 1. The molecule has 0 amide bonds. The summed E-state index contributed by atoms with van der Waals surface area (Å²) in [6, 6.07) is 19.8. The first-order chi connectivity index (χ1) is 14.1. The first-order valence-electron chi connectivity index (χ1n) is 9.07. The van der Waals surface area contributed by atoms with Gasteiger partial charge in [-0.25, -0.2) is 0 Å². The summed E-state index contributed by atoms with van der Waals surface area (Å²) in [5, 5.41) is 24.3. The molecular weight excluding hydrogens is 370 g/mol. The van der Waals surface area contributed by atoms with Gasteiger partial charge in [0.25, 0.3) is 5.69 Å². The molecule has 0 atom stereocenters. The monoisotopic (exact) mass is 387 g/mol. The van der Waals surface area contributed by atoms with Gasteiger partial charge in [-0.2, -0.15) is 0 Å². The minimum absolute atomic E-state index is 0.0331. The van der Waals surface area contributed by atoms with Gasteiger partial charge in [0, 0.05) is 46.8 Å². The third kappa shape index (κ3) is 3.34. The van der Waals surface area contributed by atoms with Crippen molar-refractivity contribution in [2.45, 2.75) is 12.8 Å². The molecule has 1 heterocycles. The number of carbonyl (C=O) groups excluding carboxylic acids is 1. The van der Waals surface area contributed by atoms with E-state index in [0.29, 0.717) is 12.0 Å². The van der Waals surface area contributed by atoms with Crippen LogP contribution in [0.2, 0.25) is 0 Å². The number of nitro benzene ring substituents is 1. The van der Waals surface area contributed by atoms with Crippen LogP contribution in [-0.4, -0.2) is 26.7 Å². The van der Waals surface area contributed by atoms with E-state index in [1.165, 1.54) is 12.3 Å². The summed E-state index contributed by atoms with van der Waals surface area (Å²) < 4.78 is 2.03. The van der Waals surface area contributed by atoms with Gasteiger partial charge in [-0.15, -0.1) is 5.16 Å². The molecule has 0 saturated carbocycles. The molecule has 1 N–H and O–H groups in total. The van der Waals surface area contributed by atoms with E-state index < -0.39 is 4.92 Å². The molecule has 1 aromatic heterocycles. The molecule has 0 radical (unpaired) electrons. The van der Waals surface area contributed by atoms with Crippen LogP contribution in [0.15, 0.2) is 71.9 Å². The highest BCUT2D eigenvalue weighted by Crippen LogP contribution is 2.34. The van der Waals surface area contributed by atoms with Gasteiger partial charge in [-0.05, 0) is 42.8 Å². The van der Waals surface area contributed by atoms with Gasteiger partial charge < -0.3 is 9.77 Å². The van der Waals surface area contributed by atoms with Gasteiger partial charge in [-0.1, -0.05) is 18.2 Å². The smallest absolute Gasteiger partial charge is 0.270 e. The van der Waals surface area contributed by atoms with Gasteiger partial charge in [-0.3, -0.25) is 14.9 Å². The largest absolute Gasteiger partial charge is 0.411 e. The summed E-state index contributed by atoms with van der Waals surface area (Å²) in [5.74, 6) is -0.0331. The Morgan fingerprint density at radius 1 is 1.03 bits per heavy atom. The van der Waals surface area contributed by atoms with Crippen LogP contribution < -0.4 is 0 Å². The van der Waals surface area contributed by atoms with Gasteiger partial charge in [0.05, 0.1) is 16.0 Å². The third-order valence-corrected chi connectivity index (χ3v) is 4.90. The second-order valence-corrected chi connectivity index (χ2v) is 6.62. The molecular formula is C22H17N3O4. The number of oxime groups is 1. The number of hydrogen-bond acceptors (Lipinski definition) is 5. The molecule has 0 aliphatic carbocycles. The fourth-order valence-electron chi connectivity index (χ4n) is 3.55. The zero-order valence-corrected chi connectivity index (χ0v) is 15.4. The second kappa shape index (κ2) is 7.55. The Bertz CT molecular complexity index is 1260. The molecule has 4 aromatic rings. The summed E-state index contributed by atoms with van der Waals surface area (Å²) in [7, 11) is 0. The Hall–Kier alpha value is -4.00. The van der Waals surface area contributed by atoms with Gasteiger partial charge in [0.15, 0.2) is 5.78 Å². The number of Topliss-reactive ketones (excluding diaryl/α,β-unsaturated/α-hetero) is 1. The lowest BCUT2D eigenvalue weighted by atomic mass is 10.1. The predicted molar refractivity (Wildman–Crippen MR) is 111 cm³/mol. The highest BCUT2D eigenvalue weighted by atomic mass is 16.6. The van der Waals surface area contributed by atoms with Crippen molar-refractivity contribution in [3.8, 4) is 5.69 Å². The number of nitro groups is 1. The van der Waals surface area contributed by atoms with Crippen molar-refractivity contribution in [3.63, 3.8) is 0 Å². The van der Waals surface area contributed by atoms with Crippen LogP contribution in [0.1, 0.15) is 23.2 Å². The average Bonchev–Trinajstić information content (AvgIpc) is 3.07. The number of hydrogen-bond donors (Lipinski definition) is 1. The van der Waals surface area contributed by atoms with E-state index in [9.17, 15) is 14.9 Å². The number of carbonyl (C=O) groups is 1. The standard InChI is InChI=1S/C22H17N3O4/c26-22(6-3-13-23-27)15-7-9-16(10-8-15)24-20-5-2-1-4-18(20)19-14-17(25(28)29)11-12-21(19)24/h1-2,4-5,7-14,27H,3,6H2. The summed E-state index contributed by atoms with van der Waals surface area (Å²) >= 11 is 0. The zero-order chi connectivity index (χ0) is 20.4. The van der Waals surface area contributed by atoms with Crippen LogP contribution in [-0.2, 0) is 0 Å². The van der Waals surface area contributed by atoms with Crippen molar-refractivity contribution in [1.82, 2.24) is 4.57 Å². The van der Waals surface area contributed by atoms with E-state index in [1.54, 1.807) is 24.3 Å². The normalized spacial score (nSPS) is 11.4. The first kappa shape index (κ1) is 18.4. The van der Waals surface area contributed by atoms with Gasteiger partial charge >= 0.3 is 0 Å². The van der Waals surface area contributed by atoms with Crippen LogP contribution in [0.3, 0.4) is 0 Å². The van der Waals surface area contributed by atoms with Crippen LogP contribution in [0, 0.1) is 10.1 Å². The molecule has 0 unspecified atom stereocenters. The molecule has 0 saturated heterocycles. The fraction of sp³-hybridized carbons (Fsp3) is 0.0909. The van der Waals surface area contributed by atoms with Crippen molar-refractivity contribution in [2.75, 3.05) is 0 Å². The lowest BCUT2D eigenvalue weighted by molar-refractivity contribution is -0.384. The molecule has 7 heteroatoms. The fourth-order valence-corrected chi connectivity index (χ4v) is 3.55. The summed E-state index contributed by atoms with van der Waals surface area (Å²) in [6.45, 7) is 0. The number of ketones is 1. The molecule has 0 spiro atoms. The maximum absolute atomic E-state index is 12.2. The topological polar surface area (TPSA) is 97.7 Å². The van der Waals surface area contributed by atoms with Crippen molar-refractivity contribution >= 4 is 39.5 Å². The lowest BCUT2D eigenvalue weighted by Crippen LogP contribution is -2.00. The van der Waals surface area contributed by atoms with Crippen molar-refractivity contribution < 1.29 is 14.9 Å². The Kier molecular flexibility index (Phi) is 4.78. The predicted octanol–water partition coefficient (Wildman–Crippen LogP) is 5.11. The van der Waals surface area contributed by atoms with E-state index in [4.69, 9.17) is 5.21 Å². The Labute approximate surface area is 165 Å². The molecule has 0 bridgehead atoms. The maximum Gasteiger partial charge on any atom is 0.270 e. The molecule has 0 aliphatic heterocycles. The maximum atomic E-state index is 12.2. The first-order valence-corrected chi connectivity index (χ1v) is 9.07. The Balaban J connectivity index is 1.81. The van der Waals surface area contributed by atoms with E-state index in [1.807, 2.05) is 41.0 Å². The number of nitrogens with zero attached hydrogens (tertiary/aromatic N) is 3. The molecule has 3 aromatic carbocycles. The molecule has 29 heavy (non-hydrogen) atoms. The summed E-state index contributed by atoms with van der Waals surface area (Å²) in [5.41, 5.74) is 3.28. The minimum atomic E-state index is -0.395.